The Hall–Kier alpha value is -1.53. The number of nitrogens with one attached hydrogen (secondary N) is 1. The predicted octanol–water partition coefficient (Wildman–Crippen LogP) is 4.12. The summed E-state index contributed by atoms with van der Waals surface area (Å²) in [6.45, 7) is 2.00. The molecule has 1 saturated carbocycles. The number of carbonyl (C=O) groups is 1. The topological polar surface area (TPSA) is 52.9 Å². The first-order valence-corrected chi connectivity index (χ1v) is 6.94. The van der Waals surface area contributed by atoms with Crippen LogP contribution in [0.5, 0.6) is 0 Å². The van der Waals surface area contributed by atoms with E-state index in [1.807, 2.05) is 6.92 Å². The van der Waals surface area contributed by atoms with Gasteiger partial charge in [0.15, 0.2) is 0 Å². The second kappa shape index (κ2) is 5.63. The summed E-state index contributed by atoms with van der Waals surface area (Å²) in [5, 5.41) is 12.4. The van der Waals surface area contributed by atoms with Crippen molar-refractivity contribution in [1.82, 2.24) is 0 Å². The average Bonchev–Trinajstić information content (AvgIpc) is 2.40. The molecule has 1 N–H and O–H groups in total. The molecule has 0 heterocycles. The molecule has 0 radical (unpaired) electrons. The van der Waals surface area contributed by atoms with Gasteiger partial charge < -0.3 is 5.32 Å². The van der Waals surface area contributed by atoms with Gasteiger partial charge in [0, 0.05) is 10.4 Å². The van der Waals surface area contributed by atoms with Crippen LogP contribution in [0, 0.1) is 16.7 Å². The lowest BCUT2D eigenvalue weighted by atomic mass is 9.75. The van der Waals surface area contributed by atoms with Crippen molar-refractivity contribution in [3.05, 3.63) is 28.8 Å². The zero-order chi connectivity index (χ0) is 13.9. The second-order valence-corrected chi connectivity index (χ2v) is 5.81. The molecule has 1 aliphatic rings. The van der Waals surface area contributed by atoms with Crippen LogP contribution in [0.2, 0.25) is 5.02 Å². The lowest BCUT2D eigenvalue weighted by Gasteiger charge is -2.32. The highest BCUT2D eigenvalue weighted by molar-refractivity contribution is 6.31. The van der Waals surface area contributed by atoms with Crippen molar-refractivity contribution in [2.24, 2.45) is 5.41 Å². The molecular weight excluding hydrogens is 260 g/mol. The molecule has 0 aromatic heterocycles. The maximum Gasteiger partial charge on any atom is 0.230 e. The molecule has 0 saturated heterocycles. The molecule has 3 nitrogen and oxygen atoms in total. The summed E-state index contributed by atoms with van der Waals surface area (Å²) in [6, 6.07) is 6.98. The molecular formula is C15H17ClN2O. The van der Waals surface area contributed by atoms with Gasteiger partial charge in [-0.05, 0) is 31.0 Å². The first-order valence-electron chi connectivity index (χ1n) is 6.56. The van der Waals surface area contributed by atoms with Gasteiger partial charge in [0.2, 0.25) is 5.91 Å². The Labute approximate surface area is 118 Å². The third kappa shape index (κ3) is 3.08. The summed E-state index contributed by atoms with van der Waals surface area (Å²) in [5.41, 5.74) is 0.622. The molecule has 1 aliphatic carbocycles. The lowest BCUT2D eigenvalue weighted by molar-refractivity contribution is -0.126. The van der Waals surface area contributed by atoms with E-state index in [-0.39, 0.29) is 11.3 Å². The molecule has 1 aromatic rings. The fraction of sp³-hybridized carbons (Fsp3) is 0.467. The van der Waals surface area contributed by atoms with Crippen LogP contribution in [-0.4, -0.2) is 5.91 Å². The van der Waals surface area contributed by atoms with Crippen LogP contribution in [0.15, 0.2) is 18.2 Å². The fourth-order valence-electron chi connectivity index (χ4n) is 2.55. The first-order chi connectivity index (χ1) is 9.05. The lowest BCUT2D eigenvalue weighted by Crippen LogP contribution is -2.35. The number of benzene rings is 1. The number of nitrogens with zero attached hydrogens (tertiary/aromatic N) is 1. The number of carbonyl (C=O) groups excluding carboxylic acids is 1. The number of amides is 1. The molecule has 19 heavy (non-hydrogen) atoms. The molecule has 0 unspecified atom stereocenters. The molecule has 100 valence electrons. The highest BCUT2D eigenvalue weighted by Crippen LogP contribution is 2.37. The Morgan fingerprint density at radius 2 is 2.05 bits per heavy atom. The van der Waals surface area contributed by atoms with Gasteiger partial charge in [-0.25, -0.2) is 0 Å². The van der Waals surface area contributed by atoms with Crippen LogP contribution < -0.4 is 5.32 Å². The van der Waals surface area contributed by atoms with Crippen molar-refractivity contribution >= 4 is 23.2 Å². The highest BCUT2D eigenvalue weighted by atomic mass is 35.5. The molecule has 0 atom stereocenters. The SMILES string of the molecule is CC1(C(=O)Nc2cc(Cl)ccc2C#N)CCCCC1. The normalized spacial score (nSPS) is 17.5. The number of hydrogen-bond donors (Lipinski definition) is 1. The minimum Gasteiger partial charge on any atom is -0.324 e. The molecule has 0 aliphatic heterocycles. The van der Waals surface area contributed by atoms with Crippen molar-refractivity contribution in [3.8, 4) is 6.07 Å². The fourth-order valence-corrected chi connectivity index (χ4v) is 2.72. The summed E-state index contributed by atoms with van der Waals surface area (Å²) in [7, 11) is 0. The predicted molar refractivity (Wildman–Crippen MR) is 76.0 cm³/mol. The van der Waals surface area contributed by atoms with Crippen LogP contribution in [0.4, 0.5) is 5.69 Å². The van der Waals surface area contributed by atoms with Gasteiger partial charge in [0.05, 0.1) is 11.3 Å². The van der Waals surface area contributed by atoms with E-state index < -0.39 is 0 Å². The number of hydrogen-bond acceptors (Lipinski definition) is 2. The van der Waals surface area contributed by atoms with Gasteiger partial charge in [-0.2, -0.15) is 5.26 Å². The summed E-state index contributed by atoms with van der Waals surface area (Å²) < 4.78 is 0. The van der Waals surface area contributed by atoms with Crippen LogP contribution >= 0.6 is 11.6 Å². The van der Waals surface area contributed by atoms with Crippen molar-refractivity contribution in [2.75, 3.05) is 5.32 Å². The van der Waals surface area contributed by atoms with Crippen LogP contribution in [0.1, 0.15) is 44.6 Å². The zero-order valence-electron chi connectivity index (χ0n) is 11.0. The first kappa shape index (κ1) is 13.9. The average molecular weight is 277 g/mol. The van der Waals surface area contributed by atoms with Crippen LogP contribution in [0.3, 0.4) is 0 Å². The van der Waals surface area contributed by atoms with E-state index in [1.165, 1.54) is 6.42 Å². The Morgan fingerprint density at radius 3 is 2.68 bits per heavy atom. The number of nitriles is 1. The zero-order valence-corrected chi connectivity index (χ0v) is 11.8. The van der Waals surface area contributed by atoms with Crippen molar-refractivity contribution < 1.29 is 4.79 Å². The van der Waals surface area contributed by atoms with Gasteiger partial charge in [-0.1, -0.05) is 37.8 Å². The van der Waals surface area contributed by atoms with E-state index >= 15 is 0 Å². The Balaban J connectivity index is 2.19. The summed E-state index contributed by atoms with van der Waals surface area (Å²) in [6.07, 6.45) is 5.18. The molecule has 1 amide bonds. The minimum atomic E-state index is -0.326. The van der Waals surface area contributed by atoms with E-state index in [2.05, 4.69) is 11.4 Å². The van der Waals surface area contributed by atoms with E-state index in [0.717, 1.165) is 25.7 Å². The van der Waals surface area contributed by atoms with Gasteiger partial charge in [-0.15, -0.1) is 0 Å². The molecule has 1 fully saturated rings. The molecule has 4 heteroatoms. The third-order valence-electron chi connectivity index (χ3n) is 3.86. The summed E-state index contributed by atoms with van der Waals surface area (Å²) >= 11 is 5.92. The van der Waals surface area contributed by atoms with Crippen molar-refractivity contribution in [1.29, 1.82) is 5.26 Å². The Kier molecular flexibility index (Phi) is 4.11. The van der Waals surface area contributed by atoms with E-state index in [0.29, 0.717) is 16.3 Å². The van der Waals surface area contributed by atoms with E-state index in [9.17, 15) is 4.79 Å². The molecule has 0 bridgehead atoms. The number of rotatable bonds is 2. The van der Waals surface area contributed by atoms with Gasteiger partial charge >= 0.3 is 0 Å². The Bertz CT molecular complexity index is 527. The maximum absolute atomic E-state index is 12.4. The summed E-state index contributed by atoms with van der Waals surface area (Å²) in [5.74, 6) is -0.00836. The van der Waals surface area contributed by atoms with E-state index in [4.69, 9.17) is 16.9 Å². The van der Waals surface area contributed by atoms with Crippen LogP contribution in [-0.2, 0) is 4.79 Å². The Morgan fingerprint density at radius 1 is 1.37 bits per heavy atom. The van der Waals surface area contributed by atoms with Gasteiger partial charge in [0.1, 0.15) is 6.07 Å². The smallest absolute Gasteiger partial charge is 0.230 e. The third-order valence-corrected chi connectivity index (χ3v) is 4.09. The second-order valence-electron chi connectivity index (χ2n) is 5.38. The van der Waals surface area contributed by atoms with Gasteiger partial charge in [0.25, 0.3) is 0 Å². The van der Waals surface area contributed by atoms with E-state index in [1.54, 1.807) is 18.2 Å². The molecule has 0 spiro atoms. The maximum atomic E-state index is 12.4. The monoisotopic (exact) mass is 276 g/mol. The largest absolute Gasteiger partial charge is 0.324 e. The highest BCUT2D eigenvalue weighted by Gasteiger charge is 2.34. The number of anilines is 1. The molecule has 2 rings (SSSR count). The number of halogens is 1. The van der Waals surface area contributed by atoms with Crippen LogP contribution in [0.25, 0.3) is 0 Å². The summed E-state index contributed by atoms with van der Waals surface area (Å²) in [4.78, 5) is 12.4. The standard InChI is InChI=1S/C15H17ClN2O/c1-15(7-3-2-4-8-15)14(19)18-13-9-12(16)6-5-11(13)10-17/h5-6,9H,2-4,7-8H2,1H3,(H,18,19). The van der Waals surface area contributed by atoms with Gasteiger partial charge in [-0.3, -0.25) is 4.79 Å². The van der Waals surface area contributed by atoms with Crippen molar-refractivity contribution in [2.45, 2.75) is 39.0 Å². The minimum absolute atomic E-state index is 0.00836. The molecule has 1 aromatic carbocycles. The van der Waals surface area contributed by atoms with Crippen molar-refractivity contribution in [3.63, 3.8) is 0 Å². The quantitative estimate of drug-likeness (QED) is 0.883.